The molecule has 0 aliphatic carbocycles. The molecule has 4 unspecified atom stereocenters. The highest BCUT2D eigenvalue weighted by Crippen LogP contribution is 2.68. The summed E-state index contributed by atoms with van der Waals surface area (Å²) < 4.78 is -0.668. The van der Waals surface area contributed by atoms with Gasteiger partial charge in [0.15, 0.2) is 0 Å². The number of rotatable bonds is 9. The molecule has 3 N–H and O–H groups in total. The Morgan fingerprint density at radius 3 is 2.56 bits per heavy atom. The van der Waals surface area contributed by atoms with Crippen molar-refractivity contribution in [3.63, 3.8) is 0 Å². The van der Waals surface area contributed by atoms with Crippen LogP contribution in [0.2, 0.25) is 0 Å². The van der Waals surface area contributed by atoms with E-state index in [9.17, 15) is 19.5 Å². The minimum Gasteiger partial charge on any atom is -0.394 e. The summed E-state index contributed by atoms with van der Waals surface area (Å²) >= 11 is 1.66. The normalized spacial score (nSPS) is 33.5. The average molecular weight is 488 g/mol. The highest BCUT2D eigenvalue weighted by molar-refractivity contribution is 8.02. The number of hydrogen-bond acceptors (Lipinski definition) is 5. The smallest absolute Gasteiger partial charge is 0.244 e. The monoisotopic (exact) mass is 487 g/mol. The van der Waals surface area contributed by atoms with Crippen molar-refractivity contribution in [2.24, 2.45) is 17.8 Å². The van der Waals surface area contributed by atoms with E-state index >= 15 is 0 Å². The zero-order valence-corrected chi connectivity index (χ0v) is 21.3. The Labute approximate surface area is 206 Å². The summed E-state index contributed by atoms with van der Waals surface area (Å²) in [5.74, 6) is -1.46. The summed E-state index contributed by atoms with van der Waals surface area (Å²) in [5, 5.41) is 16.3. The number of likely N-dealkylation sites (tertiary alicyclic amines) is 1. The third-order valence-electron chi connectivity index (χ3n) is 7.96. The second-order valence-electron chi connectivity index (χ2n) is 10.1. The SMILES string of the molecule is CCCC(C)NC(=O)C1N([C@@H](CC)CO)C(=O)[C@@H]2[C@@H](C(=O)Nc3ccccc3)[C@H]3CC(C)C12S3. The molecule has 8 heteroatoms. The van der Waals surface area contributed by atoms with Crippen LogP contribution in [0.4, 0.5) is 5.69 Å². The van der Waals surface area contributed by atoms with Crippen molar-refractivity contribution < 1.29 is 19.5 Å². The molecule has 3 fully saturated rings. The molecule has 3 aliphatic heterocycles. The van der Waals surface area contributed by atoms with Crippen LogP contribution in [0.25, 0.3) is 0 Å². The predicted molar refractivity (Wildman–Crippen MR) is 134 cm³/mol. The molecule has 8 atom stereocenters. The molecule has 4 rings (SSSR count). The Bertz CT molecular complexity index is 924. The quantitative estimate of drug-likeness (QED) is 0.497. The minimum atomic E-state index is -0.694. The fourth-order valence-electron chi connectivity index (χ4n) is 6.44. The lowest BCUT2D eigenvalue weighted by Crippen LogP contribution is -2.59. The highest BCUT2D eigenvalue weighted by atomic mass is 32.2. The van der Waals surface area contributed by atoms with Gasteiger partial charge in [-0.15, -0.1) is 11.8 Å². The van der Waals surface area contributed by atoms with Crippen LogP contribution in [-0.4, -0.2) is 62.5 Å². The van der Waals surface area contributed by atoms with Crippen LogP contribution in [0.3, 0.4) is 0 Å². The van der Waals surface area contributed by atoms with Gasteiger partial charge < -0.3 is 20.6 Å². The number of para-hydroxylation sites is 1. The summed E-state index contributed by atoms with van der Waals surface area (Å²) in [7, 11) is 0. The van der Waals surface area contributed by atoms with Crippen molar-refractivity contribution in [2.75, 3.05) is 11.9 Å². The first-order valence-corrected chi connectivity index (χ1v) is 13.4. The van der Waals surface area contributed by atoms with Crippen LogP contribution >= 0.6 is 11.8 Å². The van der Waals surface area contributed by atoms with Crippen molar-refractivity contribution in [3.8, 4) is 0 Å². The first-order chi connectivity index (χ1) is 16.3. The zero-order chi connectivity index (χ0) is 24.6. The highest BCUT2D eigenvalue weighted by Gasteiger charge is 2.76. The van der Waals surface area contributed by atoms with Crippen molar-refractivity contribution in [3.05, 3.63) is 30.3 Å². The van der Waals surface area contributed by atoms with Crippen LogP contribution in [-0.2, 0) is 14.4 Å². The summed E-state index contributed by atoms with van der Waals surface area (Å²) in [4.78, 5) is 42.9. The fourth-order valence-corrected chi connectivity index (χ4v) is 8.85. The van der Waals surface area contributed by atoms with Gasteiger partial charge in [0.1, 0.15) is 6.04 Å². The molecule has 186 valence electrons. The largest absolute Gasteiger partial charge is 0.394 e. The fraction of sp³-hybridized carbons (Fsp3) is 0.654. The van der Waals surface area contributed by atoms with Crippen LogP contribution in [0, 0.1) is 17.8 Å². The van der Waals surface area contributed by atoms with E-state index in [1.165, 1.54) is 0 Å². The number of fused-ring (bicyclic) bond motifs is 1. The molecule has 1 aromatic rings. The average Bonchev–Trinajstić information content (AvgIpc) is 3.39. The number of anilines is 1. The molecule has 3 saturated heterocycles. The second kappa shape index (κ2) is 9.90. The topological polar surface area (TPSA) is 98.7 Å². The molecule has 1 spiro atoms. The Morgan fingerprint density at radius 2 is 1.94 bits per heavy atom. The van der Waals surface area contributed by atoms with Crippen molar-refractivity contribution in [1.29, 1.82) is 0 Å². The number of carbonyl (C=O) groups is 3. The molecule has 0 radical (unpaired) electrons. The molecule has 34 heavy (non-hydrogen) atoms. The molecule has 3 aliphatic rings. The molecule has 7 nitrogen and oxygen atoms in total. The van der Waals surface area contributed by atoms with Crippen molar-refractivity contribution >= 4 is 35.2 Å². The number of amides is 3. The van der Waals surface area contributed by atoms with Gasteiger partial charge in [0.05, 0.1) is 29.2 Å². The van der Waals surface area contributed by atoms with Gasteiger partial charge in [0, 0.05) is 17.0 Å². The molecular formula is C26H37N3O4S. The van der Waals surface area contributed by atoms with Gasteiger partial charge in [-0.25, -0.2) is 0 Å². The van der Waals surface area contributed by atoms with E-state index in [1.807, 2.05) is 44.2 Å². The first kappa shape index (κ1) is 25.0. The Balaban J connectivity index is 1.72. The van der Waals surface area contributed by atoms with Gasteiger partial charge in [0.2, 0.25) is 17.7 Å². The third-order valence-corrected chi connectivity index (χ3v) is 10.0. The number of benzene rings is 1. The van der Waals surface area contributed by atoms with Crippen molar-refractivity contribution in [1.82, 2.24) is 10.2 Å². The molecule has 3 heterocycles. The summed E-state index contributed by atoms with van der Waals surface area (Å²) in [5.41, 5.74) is 0.703. The standard InChI is InChI=1S/C26H37N3O4S/c1-5-10-16(4)27-24(32)22-26-15(3)13-19(34-26)20(23(31)28-17-11-8-7-9-12-17)21(26)25(33)29(22)18(6-2)14-30/h7-9,11-12,15-16,18-22,30H,5-6,10,13-14H2,1-4H3,(H,27,32)(H,28,31)/t15?,16?,18-,19+,20-,21-,22?,26?/m0/s1. The molecular weight excluding hydrogens is 450 g/mol. The van der Waals surface area contributed by atoms with Crippen LogP contribution in [0.1, 0.15) is 53.4 Å². The summed E-state index contributed by atoms with van der Waals surface area (Å²) in [6.45, 7) is 7.89. The van der Waals surface area contributed by atoms with Gasteiger partial charge >= 0.3 is 0 Å². The van der Waals surface area contributed by atoms with Gasteiger partial charge in [-0.1, -0.05) is 45.4 Å². The number of nitrogens with one attached hydrogen (secondary N) is 2. The maximum atomic E-state index is 14.0. The van der Waals surface area contributed by atoms with Crippen LogP contribution in [0.15, 0.2) is 30.3 Å². The lowest BCUT2D eigenvalue weighted by Gasteiger charge is -2.40. The number of aliphatic hydroxyl groups excluding tert-OH is 1. The molecule has 3 amide bonds. The lowest BCUT2D eigenvalue weighted by atomic mass is 9.65. The van der Waals surface area contributed by atoms with Gasteiger partial charge in [0.25, 0.3) is 0 Å². The number of hydrogen-bond donors (Lipinski definition) is 3. The minimum absolute atomic E-state index is 0.00445. The number of aliphatic hydroxyl groups is 1. The molecule has 0 aromatic heterocycles. The van der Waals surface area contributed by atoms with Gasteiger partial charge in [-0.2, -0.15) is 0 Å². The predicted octanol–water partition coefficient (Wildman–Crippen LogP) is 3.04. The number of carbonyl (C=O) groups excluding carboxylic acids is 3. The third kappa shape index (κ3) is 3.92. The molecule has 1 aromatic carbocycles. The summed E-state index contributed by atoms with van der Waals surface area (Å²) in [6.07, 6.45) is 3.14. The molecule has 2 bridgehead atoms. The first-order valence-electron chi connectivity index (χ1n) is 12.6. The van der Waals surface area contributed by atoms with E-state index in [-0.39, 0.29) is 41.5 Å². The van der Waals surface area contributed by atoms with E-state index in [4.69, 9.17) is 0 Å². The lowest BCUT2D eigenvalue weighted by molar-refractivity contribution is -0.142. The summed E-state index contributed by atoms with van der Waals surface area (Å²) in [6, 6.07) is 8.14. The van der Waals surface area contributed by atoms with E-state index in [2.05, 4.69) is 24.5 Å². The van der Waals surface area contributed by atoms with Crippen LogP contribution < -0.4 is 10.6 Å². The Morgan fingerprint density at radius 1 is 1.24 bits per heavy atom. The van der Waals surface area contributed by atoms with Crippen molar-refractivity contribution in [2.45, 2.75) is 81.5 Å². The van der Waals surface area contributed by atoms with E-state index < -0.39 is 28.7 Å². The van der Waals surface area contributed by atoms with Gasteiger partial charge in [-0.05, 0) is 44.2 Å². The Hall–Kier alpha value is -2.06. The van der Waals surface area contributed by atoms with E-state index in [0.717, 1.165) is 19.3 Å². The van der Waals surface area contributed by atoms with E-state index in [0.29, 0.717) is 12.1 Å². The van der Waals surface area contributed by atoms with Gasteiger partial charge in [-0.3, -0.25) is 14.4 Å². The van der Waals surface area contributed by atoms with Crippen LogP contribution in [0.5, 0.6) is 0 Å². The maximum absolute atomic E-state index is 14.0. The molecule has 0 saturated carbocycles. The van der Waals surface area contributed by atoms with E-state index in [1.54, 1.807) is 16.7 Å². The zero-order valence-electron chi connectivity index (χ0n) is 20.5. The Kier molecular flexibility index (Phi) is 7.29. The number of nitrogens with zero attached hydrogens (tertiary/aromatic N) is 1. The second-order valence-corrected chi connectivity index (χ2v) is 11.6. The number of thioether (sulfide) groups is 1. The maximum Gasteiger partial charge on any atom is 0.244 e.